The van der Waals surface area contributed by atoms with Crippen LogP contribution in [0.2, 0.25) is 5.02 Å². The van der Waals surface area contributed by atoms with Crippen LogP contribution < -0.4 is 5.32 Å². The molecule has 1 rings (SSSR count). The van der Waals surface area contributed by atoms with Crippen LogP contribution in [0.4, 0.5) is 0 Å². The molecular formula is C13H24ClN3. The fourth-order valence-corrected chi connectivity index (χ4v) is 2.34. The Bertz CT molecular complexity index is 334. The Morgan fingerprint density at radius 2 is 2.00 bits per heavy atom. The molecule has 1 aromatic heterocycles. The van der Waals surface area contributed by atoms with Gasteiger partial charge in [0.2, 0.25) is 0 Å². The van der Waals surface area contributed by atoms with E-state index >= 15 is 0 Å². The predicted molar refractivity (Wildman–Crippen MR) is 73.8 cm³/mol. The first-order chi connectivity index (χ1) is 8.24. The molecule has 17 heavy (non-hydrogen) atoms. The normalized spacial score (nSPS) is 11.1. The van der Waals surface area contributed by atoms with E-state index in [4.69, 9.17) is 11.6 Å². The summed E-state index contributed by atoms with van der Waals surface area (Å²) in [6.45, 7) is 9.40. The molecule has 1 heterocycles. The maximum absolute atomic E-state index is 6.35. The average Bonchev–Trinajstić information content (AvgIpc) is 2.65. The Hall–Kier alpha value is -0.540. The lowest BCUT2D eigenvalue weighted by Gasteiger charge is -2.05. The van der Waals surface area contributed by atoms with Gasteiger partial charge in [-0.05, 0) is 45.7 Å². The summed E-state index contributed by atoms with van der Waals surface area (Å²) < 4.78 is 2.05. The van der Waals surface area contributed by atoms with Crippen molar-refractivity contribution in [3.05, 3.63) is 16.4 Å². The topological polar surface area (TPSA) is 29.9 Å². The van der Waals surface area contributed by atoms with Crippen LogP contribution in [-0.2, 0) is 19.4 Å². The van der Waals surface area contributed by atoms with Gasteiger partial charge in [0.1, 0.15) is 0 Å². The molecule has 0 bridgehead atoms. The fraction of sp³-hybridized carbons (Fsp3) is 0.769. The van der Waals surface area contributed by atoms with Gasteiger partial charge in [-0.15, -0.1) is 0 Å². The van der Waals surface area contributed by atoms with E-state index in [1.807, 2.05) is 0 Å². The zero-order chi connectivity index (χ0) is 12.7. The quantitative estimate of drug-likeness (QED) is 0.726. The van der Waals surface area contributed by atoms with Crippen LogP contribution in [0.3, 0.4) is 0 Å². The standard InChI is InChI=1S/C13H24ClN3/c1-4-11-13(14)12(17(6-3)16-11)9-7-8-10-15-5-2/h15H,4-10H2,1-3H3. The Kier molecular flexibility index (Phi) is 6.60. The molecule has 98 valence electrons. The molecule has 0 aliphatic carbocycles. The van der Waals surface area contributed by atoms with Gasteiger partial charge in [0, 0.05) is 6.54 Å². The van der Waals surface area contributed by atoms with E-state index in [2.05, 4.69) is 35.9 Å². The van der Waals surface area contributed by atoms with E-state index in [1.165, 1.54) is 18.5 Å². The van der Waals surface area contributed by atoms with Crippen LogP contribution in [0.5, 0.6) is 0 Å². The molecule has 4 heteroatoms. The summed E-state index contributed by atoms with van der Waals surface area (Å²) in [6, 6.07) is 0. The molecule has 0 unspecified atom stereocenters. The van der Waals surface area contributed by atoms with Gasteiger partial charge in [0.05, 0.1) is 16.4 Å². The number of aromatic nitrogens is 2. The van der Waals surface area contributed by atoms with Crippen molar-refractivity contribution in [3.63, 3.8) is 0 Å². The minimum atomic E-state index is 0.887. The van der Waals surface area contributed by atoms with Crippen molar-refractivity contribution in [1.29, 1.82) is 0 Å². The number of hydrogen-bond donors (Lipinski definition) is 1. The molecule has 0 saturated heterocycles. The van der Waals surface area contributed by atoms with Crippen molar-refractivity contribution in [3.8, 4) is 0 Å². The van der Waals surface area contributed by atoms with Crippen molar-refractivity contribution in [2.45, 2.75) is 53.0 Å². The fourth-order valence-electron chi connectivity index (χ4n) is 1.98. The highest BCUT2D eigenvalue weighted by molar-refractivity contribution is 6.31. The lowest BCUT2D eigenvalue weighted by Crippen LogP contribution is -2.14. The minimum absolute atomic E-state index is 0.887. The summed E-state index contributed by atoms with van der Waals surface area (Å²) in [5.41, 5.74) is 2.25. The number of nitrogens with one attached hydrogen (secondary N) is 1. The van der Waals surface area contributed by atoms with Crippen molar-refractivity contribution < 1.29 is 0 Å². The van der Waals surface area contributed by atoms with Gasteiger partial charge in [-0.3, -0.25) is 4.68 Å². The lowest BCUT2D eigenvalue weighted by atomic mass is 10.1. The van der Waals surface area contributed by atoms with Crippen molar-refractivity contribution in [2.24, 2.45) is 0 Å². The number of halogens is 1. The zero-order valence-electron chi connectivity index (χ0n) is 11.2. The minimum Gasteiger partial charge on any atom is -0.317 e. The monoisotopic (exact) mass is 257 g/mol. The smallest absolute Gasteiger partial charge is 0.0849 e. The van der Waals surface area contributed by atoms with Crippen LogP contribution in [0.25, 0.3) is 0 Å². The Morgan fingerprint density at radius 3 is 2.59 bits per heavy atom. The number of rotatable bonds is 8. The largest absolute Gasteiger partial charge is 0.317 e. The Balaban J connectivity index is 2.54. The summed E-state index contributed by atoms with van der Waals surface area (Å²) in [4.78, 5) is 0. The first kappa shape index (κ1) is 14.5. The highest BCUT2D eigenvalue weighted by Gasteiger charge is 2.13. The third kappa shape index (κ3) is 4.00. The molecule has 3 nitrogen and oxygen atoms in total. The van der Waals surface area contributed by atoms with Crippen LogP contribution in [-0.4, -0.2) is 22.9 Å². The van der Waals surface area contributed by atoms with Crippen molar-refractivity contribution >= 4 is 11.6 Å². The van der Waals surface area contributed by atoms with Gasteiger partial charge in [-0.1, -0.05) is 25.4 Å². The average molecular weight is 258 g/mol. The predicted octanol–water partition coefficient (Wildman–Crippen LogP) is 3.05. The molecule has 0 atom stereocenters. The summed E-state index contributed by atoms with van der Waals surface area (Å²) in [7, 11) is 0. The molecule has 0 radical (unpaired) electrons. The van der Waals surface area contributed by atoms with Crippen LogP contribution in [0.15, 0.2) is 0 Å². The number of hydrogen-bond acceptors (Lipinski definition) is 2. The van der Waals surface area contributed by atoms with E-state index in [0.29, 0.717) is 0 Å². The first-order valence-corrected chi connectivity index (χ1v) is 7.07. The molecule has 0 aliphatic heterocycles. The molecular weight excluding hydrogens is 234 g/mol. The van der Waals surface area contributed by atoms with Gasteiger partial charge in [0.25, 0.3) is 0 Å². The third-order valence-electron chi connectivity index (χ3n) is 2.96. The molecule has 1 aromatic rings. The SMILES string of the molecule is CCNCCCCc1c(Cl)c(CC)nn1CC. The molecule has 0 aliphatic rings. The molecule has 0 amide bonds. The number of aryl methyl sites for hydroxylation is 2. The second-order valence-electron chi connectivity index (χ2n) is 4.19. The van der Waals surface area contributed by atoms with Gasteiger partial charge in [-0.25, -0.2) is 0 Å². The second-order valence-corrected chi connectivity index (χ2v) is 4.57. The zero-order valence-corrected chi connectivity index (χ0v) is 12.0. The number of nitrogens with zero attached hydrogens (tertiary/aromatic N) is 2. The summed E-state index contributed by atoms with van der Waals surface area (Å²) in [5, 5.41) is 8.76. The highest BCUT2D eigenvalue weighted by Crippen LogP contribution is 2.23. The van der Waals surface area contributed by atoms with Crippen LogP contribution >= 0.6 is 11.6 Å². The second kappa shape index (κ2) is 7.72. The van der Waals surface area contributed by atoms with E-state index in [1.54, 1.807) is 0 Å². The van der Waals surface area contributed by atoms with E-state index < -0.39 is 0 Å². The van der Waals surface area contributed by atoms with Crippen LogP contribution in [0.1, 0.15) is 45.0 Å². The maximum atomic E-state index is 6.35. The third-order valence-corrected chi connectivity index (χ3v) is 3.40. The molecule has 1 N–H and O–H groups in total. The molecule has 0 fully saturated rings. The van der Waals surface area contributed by atoms with E-state index in [-0.39, 0.29) is 0 Å². The first-order valence-electron chi connectivity index (χ1n) is 6.69. The Morgan fingerprint density at radius 1 is 1.24 bits per heavy atom. The molecule has 0 saturated carbocycles. The lowest BCUT2D eigenvalue weighted by molar-refractivity contribution is 0.584. The summed E-state index contributed by atoms with van der Waals surface area (Å²) >= 11 is 6.35. The van der Waals surface area contributed by atoms with E-state index in [9.17, 15) is 0 Å². The summed E-state index contributed by atoms with van der Waals surface area (Å²) in [6.07, 6.45) is 4.31. The van der Waals surface area contributed by atoms with E-state index in [0.717, 1.165) is 43.2 Å². The van der Waals surface area contributed by atoms with Gasteiger partial charge < -0.3 is 5.32 Å². The maximum Gasteiger partial charge on any atom is 0.0849 e. The van der Waals surface area contributed by atoms with Gasteiger partial charge in [-0.2, -0.15) is 5.10 Å². The van der Waals surface area contributed by atoms with Gasteiger partial charge >= 0.3 is 0 Å². The molecule has 0 aromatic carbocycles. The Labute approximate surface area is 110 Å². The van der Waals surface area contributed by atoms with Crippen molar-refractivity contribution in [2.75, 3.05) is 13.1 Å². The molecule has 0 spiro atoms. The van der Waals surface area contributed by atoms with Gasteiger partial charge in [0.15, 0.2) is 0 Å². The summed E-state index contributed by atoms with van der Waals surface area (Å²) in [5.74, 6) is 0. The van der Waals surface area contributed by atoms with Crippen molar-refractivity contribution in [1.82, 2.24) is 15.1 Å². The van der Waals surface area contributed by atoms with Crippen LogP contribution in [0, 0.1) is 0 Å². The highest BCUT2D eigenvalue weighted by atomic mass is 35.5. The number of unbranched alkanes of at least 4 members (excludes halogenated alkanes) is 1.